The monoisotopic (exact) mass is 659 g/mol. The van der Waals surface area contributed by atoms with Crippen LogP contribution in [0.25, 0.3) is 0 Å². The molecule has 0 saturated carbocycles. The predicted molar refractivity (Wildman–Crippen MR) is 158 cm³/mol. The van der Waals surface area contributed by atoms with E-state index < -0.39 is 76.6 Å². The van der Waals surface area contributed by atoms with Crippen LogP contribution >= 0.6 is 23.2 Å². The van der Waals surface area contributed by atoms with Gasteiger partial charge in [-0.3, -0.25) is 24.1 Å². The highest BCUT2D eigenvalue weighted by Crippen LogP contribution is 2.28. The molecule has 0 spiro atoms. The van der Waals surface area contributed by atoms with Gasteiger partial charge < -0.3 is 9.47 Å². The number of nitrogens with zero attached hydrogens (tertiary/aromatic N) is 1. The largest absolute Gasteiger partial charge is 0.456 e. The molecule has 2 amide bonds. The summed E-state index contributed by atoms with van der Waals surface area (Å²) in [5.74, 6) is -5.92. The Kier molecular flexibility index (Phi) is 9.98. The molecule has 44 heavy (non-hydrogen) atoms. The van der Waals surface area contributed by atoms with E-state index in [4.69, 9.17) is 32.7 Å². The molecular formula is C30H23Cl2NO10S. The van der Waals surface area contributed by atoms with Crippen molar-refractivity contribution in [3.05, 3.63) is 105 Å². The van der Waals surface area contributed by atoms with Gasteiger partial charge in [0.15, 0.2) is 13.2 Å². The lowest BCUT2D eigenvalue weighted by Crippen LogP contribution is -2.46. The number of carbonyl (C=O) groups is 6. The van der Waals surface area contributed by atoms with E-state index in [9.17, 15) is 37.2 Å². The highest BCUT2D eigenvalue weighted by Gasteiger charge is 2.44. The summed E-state index contributed by atoms with van der Waals surface area (Å²) in [6.45, 7) is -1.44. The smallest absolute Gasteiger partial charge is 0.338 e. The fourth-order valence-electron chi connectivity index (χ4n) is 4.33. The number of ketones is 2. The maximum Gasteiger partial charge on any atom is 0.338 e. The molecule has 0 unspecified atom stereocenters. The number of ether oxygens (including phenoxy) is 2. The van der Waals surface area contributed by atoms with Crippen LogP contribution in [0.3, 0.4) is 0 Å². The zero-order valence-corrected chi connectivity index (χ0v) is 25.3. The second-order valence-electron chi connectivity index (χ2n) is 9.66. The molecule has 0 N–H and O–H groups in total. The molecule has 0 aromatic heterocycles. The summed E-state index contributed by atoms with van der Waals surface area (Å²) in [5, 5.41) is 0.289. The van der Waals surface area contributed by atoms with E-state index in [2.05, 4.69) is 0 Å². The molecule has 1 atom stereocenters. The standard InChI is InChI=1S/C30H23Cl2NO10S/c1-44(40,41)13-12-24(30(39)43-16-26(35)20-7-3-5-9-23(20)32)33-27(36)18-11-10-17(14-21(18)28(33)37)29(38)42-15-25(34)19-6-2-4-8-22(19)31/h2-11,14,24H,12-13,15-16H2,1H3/t24-/m0/s1. The van der Waals surface area contributed by atoms with Gasteiger partial charge in [-0.15, -0.1) is 0 Å². The number of hydrogen-bond acceptors (Lipinski definition) is 10. The van der Waals surface area contributed by atoms with Gasteiger partial charge in [0, 0.05) is 17.4 Å². The van der Waals surface area contributed by atoms with Gasteiger partial charge in [-0.25, -0.2) is 18.0 Å². The fourth-order valence-corrected chi connectivity index (χ4v) is 5.46. The number of sulfone groups is 1. The van der Waals surface area contributed by atoms with Gasteiger partial charge in [0.1, 0.15) is 15.9 Å². The number of carbonyl (C=O) groups excluding carboxylic acids is 6. The summed E-state index contributed by atoms with van der Waals surface area (Å²) in [6, 6.07) is 13.9. The molecular weight excluding hydrogens is 637 g/mol. The first-order valence-electron chi connectivity index (χ1n) is 12.9. The van der Waals surface area contributed by atoms with Crippen LogP contribution in [0.4, 0.5) is 0 Å². The van der Waals surface area contributed by atoms with E-state index >= 15 is 0 Å². The quantitative estimate of drug-likeness (QED) is 0.159. The molecule has 0 radical (unpaired) electrons. The van der Waals surface area contributed by atoms with Crippen LogP contribution in [0.2, 0.25) is 10.0 Å². The van der Waals surface area contributed by atoms with Crippen LogP contribution in [-0.2, 0) is 24.1 Å². The number of hydrogen-bond donors (Lipinski definition) is 0. The molecule has 1 aliphatic rings. The summed E-state index contributed by atoms with van der Waals surface area (Å²) >= 11 is 12.0. The average molecular weight is 660 g/mol. The van der Waals surface area contributed by atoms with Crippen molar-refractivity contribution in [3.8, 4) is 0 Å². The maximum absolute atomic E-state index is 13.4. The normalized spacial score (nSPS) is 13.3. The number of esters is 2. The van der Waals surface area contributed by atoms with Crippen LogP contribution in [0.1, 0.15) is 58.2 Å². The summed E-state index contributed by atoms with van der Waals surface area (Å²) in [4.78, 5) is 77.9. The molecule has 0 fully saturated rings. The van der Waals surface area contributed by atoms with Crippen LogP contribution in [0, 0.1) is 0 Å². The molecule has 1 aliphatic heterocycles. The zero-order chi connectivity index (χ0) is 32.2. The van der Waals surface area contributed by atoms with Crippen molar-refractivity contribution in [2.24, 2.45) is 0 Å². The van der Waals surface area contributed by atoms with Crippen LogP contribution in [-0.4, -0.2) is 79.9 Å². The van der Waals surface area contributed by atoms with Gasteiger partial charge in [0.25, 0.3) is 11.8 Å². The first-order valence-corrected chi connectivity index (χ1v) is 15.7. The van der Waals surface area contributed by atoms with Gasteiger partial charge in [0.2, 0.25) is 11.6 Å². The third-order valence-electron chi connectivity index (χ3n) is 6.53. The van der Waals surface area contributed by atoms with Crippen LogP contribution in [0.15, 0.2) is 66.7 Å². The van der Waals surface area contributed by atoms with Crippen LogP contribution < -0.4 is 0 Å². The Morgan fingerprint density at radius 1 is 0.773 bits per heavy atom. The molecule has 0 aliphatic carbocycles. The summed E-state index contributed by atoms with van der Waals surface area (Å²) in [5.41, 5.74) is -0.371. The Labute approximate surface area is 261 Å². The minimum atomic E-state index is -3.66. The topological polar surface area (TPSA) is 158 Å². The maximum atomic E-state index is 13.4. The number of Topliss-reactive ketones (excluding diaryl/α,β-unsaturated/α-hetero) is 2. The molecule has 3 aromatic carbocycles. The summed E-state index contributed by atoms with van der Waals surface area (Å²) in [6.07, 6.45) is 0.398. The van der Waals surface area contributed by atoms with Crippen molar-refractivity contribution in [2.45, 2.75) is 12.5 Å². The van der Waals surface area contributed by atoms with E-state index in [1.54, 1.807) is 24.3 Å². The van der Waals surface area contributed by atoms with E-state index in [-0.39, 0.29) is 37.9 Å². The van der Waals surface area contributed by atoms with E-state index in [1.807, 2.05) is 0 Å². The summed E-state index contributed by atoms with van der Waals surface area (Å²) < 4.78 is 34.0. The third kappa shape index (κ3) is 7.39. The third-order valence-corrected chi connectivity index (χ3v) is 8.16. The fraction of sp³-hybridized carbons (Fsp3) is 0.200. The highest BCUT2D eigenvalue weighted by atomic mass is 35.5. The predicted octanol–water partition coefficient (Wildman–Crippen LogP) is 3.86. The highest BCUT2D eigenvalue weighted by molar-refractivity contribution is 7.90. The molecule has 228 valence electrons. The van der Waals surface area contributed by atoms with Crippen molar-refractivity contribution in [1.82, 2.24) is 4.90 Å². The van der Waals surface area contributed by atoms with Crippen molar-refractivity contribution >= 4 is 68.4 Å². The van der Waals surface area contributed by atoms with Crippen molar-refractivity contribution in [1.29, 1.82) is 0 Å². The number of rotatable bonds is 12. The molecule has 11 nitrogen and oxygen atoms in total. The van der Waals surface area contributed by atoms with Gasteiger partial charge in [-0.1, -0.05) is 47.5 Å². The Morgan fingerprint density at radius 2 is 1.30 bits per heavy atom. The number of benzene rings is 3. The lowest BCUT2D eigenvalue weighted by Gasteiger charge is -2.24. The van der Waals surface area contributed by atoms with E-state index in [0.29, 0.717) is 4.90 Å². The van der Waals surface area contributed by atoms with E-state index in [0.717, 1.165) is 12.3 Å². The van der Waals surface area contributed by atoms with Gasteiger partial charge in [0.05, 0.1) is 32.5 Å². The minimum Gasteiger partial charge on any atom is -0.456 e. The lowest BCUT2D eigenvalue weighted by molar-refractivity contribution is -0.147. The zero-order valence-electron chi connectivity index (χ0n) is 23.0. The number of halogens is 2. The second kappa shape index (κ2) is 13.5. The molecule has 1 heterocycles. The number of amides is 2. The van der Waals surface area contributed by atoms with Crippen molar-refractivity contribution in [3.63, 3.8) is 0 Å². The molecule has 3 aromatic rings. The summed E-state index contributed by atoms with van der Waals surface area (Å²) in [7, 11) is -3.66. The number of fused-ring (bicyclic) bond motifs is 1. The first kappa shape index (κ1) is 32.5. The minimum absolute atomic E-state index is 0.0726. The SMILES string of the molecule is CS(=O)(=O)CC[C@@H](C(=O)OCC(=O)c1ccccc1Cl)N1C(=O)c2ccc(C(=O)OCC(=O)c3ccccc3Cl)cc2C1=O. The van der Waals surface area contributed by atoms with Crippen molar-refractivity contribution in [2.75, 3.05) is 25.2 Å². The molecule has 14 heteroatoms. The van der Waals surface area contributed by atoms with Crippen molar-refractivity contribution < 1.29 is 46.7 Å². The van der Waals surface area contributed by atoms with Gasteiger partial charge in [-0.05, 0) is 48.9 Å². The molecule has 4 rings (SSSR count). The second-order valence-corrected chi connectivity index (χ2v) is 12.7. The van der Waals surface area contributed by atoms with Gasteiger partial charge in [-0.2, -0.15) is 0 Å². The van der Waals surface area contributed by atoms with E-state index in [1.165, 1.54) is 36.4 Å². The van der Waals surface area contributed by atoms with Crippen LogP contribution in [0.5, 0.6) is 0 Å². The number of imide groups is 1. The Hall–Kier alpha value is -4.39. The Morgan fingerprint density at radius 3 is 1.84 bits per heavy atom. The Balaban J connectivity index is 1.51. The molecule has 0 bridgehead atoms. The Bertz CT molecular complexity index is 1800. The molecule has 0 saturated heterocycles. The average Bonchev–Trinajstić information content (AvgIpc) is 3.23. The van der Waals surface area contributed by atoms with Gasteiger partial charge >= 0.3 is 11.9 Å². The first-order chi connectivity index (χ1) is 20.8. The lowest BCUT2D eigenvalue weighted by atomic mass is 10.1.